The molecule has 1 amide bonds. The Bertz CT molecular complexity index is 837. The maximum atomic E-state index is 12.1. The van der Waals surface area contributed by atoms with Crippen molar-refractivity contribution in [2.24, 2.45) is 0 Å². The van der Waals surface area contributed by atoms with Gasteiger partial charge in [0.2, 0.25) is 5.91 Å². The molecule has 1 aromatic carbocycles. The molecule has 0 saturated heterocycles. The van der Waals surface area contributed by atoms with Crippen molar-refractivity contribution in [1.82, 2.24) is 4.98 Å². The van der Waals surface area contributed by atoms with Crippen LogP contribution in [-0.2, 0) is 11.2 Å². The number of amides is 1. The van der Waals surface area contributed by atoms with E-state index < -0.39 is 0 Å². The first-order valence-corrected chi connectivity index (χ1v) is 9.68. The van der Waals surface area contributed by atoms with E-state index in [2.05, 4.69) is 48.4 Å². The predicted molar refractivity (Wildman–Crippen MR) is 103 cm³/mol. The van der Waals surface area contributed by atoms with Gasteiger partial charge in [-0.2, -0.15) is 0 Å². The van der Waals surface area contributed by atoms with E-state index in [0.717, 1.165) is 16.1 Å². The molecule has 0 unspecified atom stereocenters. The van der Waals surface area contributed by atoms with Gasteiger partial charge in [0.15, 0.2) is 5.13 Å². The average Bonchev–Trinajstić information content (AvgIpc) is 3.16. The summed E-state index contributed by atoms with van der Waals surface area (Å²) in [7, 11) is 0. The first-order chi connectivity index (χ1) is 11.5. The smallest absolute Gasteiger partial charge is 0.231 e. The predicted octanol–water partition coefficient (Wildman–Crippen LogP) is 5.83. The van der Waals surface area contributed by atoms with Crippen LogP contribution in [-0.4, -0.2) is 10.9 Å². The first-order valence-electron chi connectivity index (χ1n) is 7.61. The summed E-state index contributed by atoms with van der Waals surface area (Å²) in [5.41, 5.74) is 3.24. The third kappa shape index (κ3) is 4.23. The summed E-state index contributed by atoms with van der Waals surface area (Å²) in [5.74, 6) is 0.430. The molecular weight excluding hydrogens is 360 g/mol. The van der Waals surface area contributed by atoms with Gasteiger partial charge in [0, 0.05) is 15.8 Å². The number of carbonyl (C=O) groups excluding carboxylic acids is 1. The average molecular weight is 377 g/mol. The van der Waals surface area contributed by atoms with Crippen molar-refractivity contribution in [1.29, 1.82) is 0 Å². The molecule has 0 radical (unpaired) electrons. The molecule has 2 heterocycles. The topological polar surface area (TPSA) is 42.0 Å². The number of benzene rings is 1. The maximum Gasteiger partial charge on any atom is 0.231 e. The van der Waals surface area contributed by atoms with Crippen molar-refractivity contribution < 1.29 is 4.79 Å². The molecule has 6 heteroatoms. The molecule has 3 aromatic rings. The minimum atomic E-state index is -0.0791. The van der Waals surface area contributed by atoms with Crippen molar-refractivity contribution in [2.75, 3.05) is 5.32 Å². The number of nitrogens with one attached hydrogen (secondary N) is 1. The third-order valence-electron chi connectivity index (χ3n) is 3.59. The van der Waals surface area contributed by atoms with Crippen LogP contribution < -0.4 is 5.32 Å². The van der Waals surface area contributed by atoms with E-state index in [0.29, 0.717) is 21.8 Å². The number of rotatable bonds is 5. The summed E-state index contributed by atoms with van der Waals surface area (Å²) in [6.07, 6.45) is 0.315. The fourth-order valence-corrected chi connectivity index (χ4v) is 4.09. The molecule has 0 atom stereocenters. The number of aromatic nitrogens is 1. The van der Waals surface area contributed by atoms with Gasteiger partial charge >= 0.3 is 0 Å². The zero-order valence-corrected chi connectivity index (χ0v) is 15.8. The van der Waals surface area contributed by atoms with E-state index in [1.54, 1.807) is 6.07 Å². The van der Waals surface area contributed by atoms with Crippen LogP contribution in [0.3, 0.4) is 0 Å². The van der Waals surface area contributed by atoms with Gasteiger partial charge in [0.05, 0.1) is 16.5 Å². The Morgan fingerprint density at radius 1 is 1.21 bits per heavy atom. The van der Waals surface area contributed by atoms with Crippen LogP contribution in [0.1, 0.15) is 30.2 Å². The summed E-state index contributed by atoms with van der Waals surface area (Å²) >= 11 is 8.74. The number of nitrogens with zero attached hydrogens (tertiary/aromatic N) is 1. The van der Waals surface area contributed by atoms with Crippen molar-refractivity contribution in [3.63, 3.8) is 0 Å². The molecule has 2 aromatic heterocycles. The molecule has 124 valence electrons. The van der Waals surface area contributed by atoms with E-state index >= 15 is 0 Å². The lowest BCUT2D eigenvalue weighted by Gasteiger charge is -2.05. The largest absolute Gasteiger partial charge is 0.302 e. The normalized spacial score (nSPS) is 11.0. The molecule has 1 N–H and O–H groups in total. The number of anilines is 1. The Morgan fingerprint density at radius 2 is 1.96 bits per heavy atom. The number of halogens is 1. The van der Waals surface area contributed by atoms with Gasteiger partial charge in [-0.1, -0.05) is 49.7 Å². The monoisotopic (exact) mass is 376 g/mol. The number of hydrogen-bond acceptors (Lipinski definition) is 4. The second-order valence-electron chi connectivity index (χ2n) is 5.75. The van der Waals surface area contributed by atoms with Crippen LogP contribution in [0.15, 0.2) is 41.8 Å². The lowest BCUT2D eigenvalue weighted by molar-refractivity contribution is -0.115. The van der Waals surface area contributed by atoms with Crippen LogP contribution in [0.4, 0.5) is 5.13 Å². The van der Waals surface area contributed by atoms with Gasteiger partial charge in [-0.15, -0.1) is 22.7 Å². The molecule has 0 saturated carbocycles. The Balaban J connectivity index is 1.65. The van der Waals surface area contributed by atoms with E-state index in [1.165, 1.54) is 28.2 Å². The molecule has 3 rings (SSSR count). The first kappa shape index (κ1) is 17.1. The highest BCUT2D eigenvalue weighted by atomic mass is 35.5. The molecule has 24 heavy (non-hydrogen) atoms. The molecule has 0 aliphatic rings. The highest BCUT2D eigenvalue weighted by Gasteiger charge is 2.10. The summed E-state index contributed by atoms with van der Waals surface area (Å²) in [5, 5.41) is 5.43. The highest BCUT2D eigenvalue weighted by molar-refractivity contribution is 7.16. The minimum absolute atomic E-state index is 0.0791. The van der Waals surface area contributed by atoms with Gasteiger partial charge in [-0.25, -0.2) is 4.98 Å². The fraction of sp³-hybridized carbons (Fsp3) is 0.222. The second kappa shape index (κ2) is 7.47. The van der Waals surface area contributed by atoms with Crippen molar-refractivity contribution in [3.8, 4) is 11.3 Å². The zero-order chi connectivity index (χ0) is 17.1. The van der Waals surface area contributed by atoms with Crippen LogP contribution in [0, 0.1) is 0 Å². The Kier molecular flexibility index (Phi) is 5.33. The van der Waals surface area contributed by atoms with E-state index in [-0.39, 0.29) is 5.91 Å². The summed E-state index contributed by atoms with van der Waals surface area (Å²) in [6, 6.07) is 12.1. The van der Waals surface area contributed by atoms with Crippen LogP contribution >= 0.6 is 34.3 Å². The lowest BCUT2D eigenvalue weighted by Crippen LogP contribution is -2.13. The number of carbonyl (C=O) groups is 1. The molecular formula is C18H17ClN2OS2. The summed E-state index contributed by atoms with van der Waals surface area (Å²) in [4.78, 5) is 17.5. The standard InChI is InChI=1S/C18H17ClN2OS2/c1-11(2)12-3-5-13(6-4-12)15-10-23-18(20-15)21-17(22)9-14-7-8-16(19)24-14/h3-8,10-11H,9H2,1-2H3,(H,20,21,22). The molecule has 0 fully saturated rings. The minimum Gasteiger partial charge on any atom is -0.302 e. The quantitative estimate of drug-likeness (QED) is 0.608. The molecule has 0 bridgehead atoms. The zero-order valence-electron chi connectivity index (χ0n) is 13.4. The Hall–Kier alpha value is -1.69. The van der Waals surface area contributed by atoms with Gasteiger partial charge in [-0.3, -0.25) is 4.79 Å². The second-order valence-corrected chi connectivity index (χ2v) is 8.40. The van der Waals surface area contributed by atoms with Crippen LogP contribution in [0.2, 0.25) is 4.34 Å². The summed E-state index contributed by atoms with van der Waals surface area (Å²) < 4.78 is 0.694. The van der Waals surface area contributed by atoms with Crippen molar-refractivity contribution in [2.45, 2.75) is 26.2 Å². The molecule has 3 nitrogen and oxygen atoms in total. The van der Waals surface area contributed by atoms with E-state index in [4.69, 9.17) is 11.6 Å². The number of thiazole rings is 1. The van der Waals surface area contributed by atoms with Gasteiger partial charge in [-0.05, 0) is 23.6 Å². The summed E-state index contributed by atoms with van der Waals surface area (Å²) in [6.45, 7) is 4.35. The SMILES string of the molecule is CC(C)c1ccc(-c2csc(NC(=O)Cc3ccc(Cl)s3)n2)cc1. The van der Waals surface area contributed by atoms with E-state index in [9.17, 15) is 4.79 Å². The molecule has 0 spiro atoms. The Morgan fingerprint density at radius 3 is 2.58 bits per heavy atom. The number of hydrogen-bond donors (Lipinski definition) is 1. The molecule has 0 aliphatic carbocycles. The van der Waals surface area contributed by atoms with E-state index in [1.807, 2.05) is 11.4 Å². The highest BCUT2D eigenvalue weighted by Crippen LogP contribution is 2.27. The van der Waals surface area contributed by atoms with Crippen LogP contribution in [0.5, 0.6) is 0 Å². The van der Waals surface area contributed by atoms with Crippen molar-refractivity contribution in [3.05, 3.63) is 56.6 Å². The van der Waals surface area contributed by atoms with Crippen LogP contribution in [0.25, 0.3) is 11.3 Å². The number of thiophene rings is 1. The third-order valence-corrected chi connectivity index (χ3v) is 5.58. The van der Waals surface area contributed by atoms with Gasteiger partial charge in [0.1, 0.15) is 0 Å². The fourth-order valence-electron chi connectivity index (χ4n) is 2.27. The van der Waals surface area contributed by atoms with Crippen molar-refractivity contribution >= 4 is 45.3 Å². The Labute approximate surface area is 154 Å². The lowest BCUT2D eigenvalue weighted by atomic mass is 10.0. The van der Waals surface area contributed by atoms with Gasteiger partial charge in [0.25, 0.3) is 0 Å². The maximum absolute atomic E-state index is 12.1. The molecule has 0 aliphatic heterocycles. The van der Waals surface area contributed by atoms with Gasteiger partial charge < -0.3 is 5.32 Å².